The predicted octanol–water partition coefficient (Wildman–Crippen LogP) is 3.06. The first-order chi connectivity index (χ1) is 14.2. The molecule has 0 saturated carbocycles. The van der Waals surface area contributed by atoms with E-state index in [1.165, 1.54) is 11.8 Å². The third-order valence-corrected chi connectivity index (χ3v) is 6.06. The lowest BCUT2D eigenvalue weighted by Gasteiger charge is -2.38. The predicted molar refractivity (Wildman–Crippen MR) is 106 cm³/mol. The van der Waals surface area contributed by atoms with Gasteiger partial charge in [0.05, 0.1) is 7.11 Å². The highest BCUT2D eigenvalue weighted by Gasteiger charge is 2.35. The molecule has 2 aromatic rings. The first-order valence-electron chi connectivity index (χ1n) is 10.2. The van der Waals surface area contributed by atoms with Crippen LogP contribution in [-0.2, 0) is 14.9 Å². The maximum atomic E-state index is 12.7. The highest BCUT2D eigenvalue weighted by Crippen LogP contribution is 2.35. The molecule has 7 nitrogen and oxygen atoms in total. The van der Waals surface area contributed by atoms with Gasteiger partial charge in [0.15, 0.2) is 11.6 Å². The fraction of sp³-hybridized carbons (Fsp3) is 0.545. The summed E-state index contributed by atoms with van der Waals surface area (Å²) in [5.41, 5.74) is 1.36. The minimum absolute atomic E-state index is 0.159. The van der Waals surface area contributed by atoms with Crippen LogP contribution in [0.3, 0.4) is 0 Å². The fourth-order valence-corrected chi connectivity index (χ4v) is 4.14. The second kappa shape index (κ2) is 8.97. The second-order valence-electron chi connectivity index (χ2n) is 7.76. The van der Waals surface area contributed by atoms with Crippen LogP contribution in [0.4, 0.5) is 0 Å². The van der Waals surface area contributed by atoms with Crippen molar-refractivity contribution in [3.8, 4) is 5.75 Å². The molecule has 7 heteroatoms. The molecule has 2 aliphatic heterocycles. The van der Waals surface area contributed by atoms with Crippen LogP contribution in [0.25, 0.3) is 0 Å². The summed E-state index contributed by atoms with van der Waals surface area (Å²) < 4.78 is 21.8. The number of carbonyl (C=O) groups excluding carboxylic acids is 1. The molecule has 1 aromatic heterocycles. The van der Waals surface area contributed by atoms with Gasteiger partial charge in [0.25, 0.3) is 5.91 Å². The number of hydrogen-bond donors (Lipinski definition) is 1. The molecule has 2 saturated heterocycles. The molecular formula is C22H28N2O5. The van der Waals surface area contributed by atoms with E-state index in [1.54, 1.807) is 7.11 Å². The molecular weight excluding hydrogens is 372 g/mol. The Kier molecular flexibility index (Phi) is 6.16. The number of ether oxygens (including phenoxy) is 3. The van der Waals surface area contributed by atoms with Gasteiger partial charge in [-0.15, -0.1) is 0 Å². The zero-order valence-corrected chi connectivity index (χ0v) is 16.8. The first kappa shape index (κ1) is 19.9. The van der Waals surface area contributed by atoms with E-state index in [0.29, 0.717) is 44.6 Å². The van der Waals surface area contributed by atoms with Crippen LogP contribution in [0.1, 0.15) is 53.5 Å². The van der Waals surface area contributed by atoms with Crippen molar-refractivity contribution >= 4 is 5.91 Å². The maximum Gasteiger partial charge on any atom is 0.273 e. The Morgan fingerprint density at radius 2 is 1.83 bits per heavy atom. The molecule has 1 amide bonds. The lowest BCUT2D eigenvalue weighted by Crippen LogP contribution is -2.44. The third kappa shape index (κ3) is 4.46. The minimum atomic E-state index is -0.202. The second-order valence-corrected chi connectivity index (χ2v) is 7.76. The van der Waals surface area contributed by atoms with Crippen LogP contribution < -0.4 is 10.1 Å². The van der Waals surface area contributed by atoms with E-state index in [9.17, 15) is 4.79 Å². The summed E-state index contributed by atoms with van der Waals surface area (Å²) in [6.07, 6.45) is 4.92. The Labute approximate surface area is 170 Å². The number of oxazole rings is 1. The molecule has 29 heavy (non-hydrogen) atoms. The van der Waals surface area contributed by atoms with Gasteiger partial charge in [-0.1, -0.05) is 12.1 Å². The Morgan fingerprint density at radius 1 is 1.14 bits per heavy atom. The van der Waals surface area contributed by atoms with Gasteiger partial charge in [0, 0.05) is 44.3 Å². The Hall–Kier alpha value is -2.38. The van der Waals surface area contributed by atoms with Gasteiger partial charge < -0.3 is 23.9 Å². The van der Waals surface area contributed by atoms with Crippen molar-refractivity contribution in [1.82, 2.24) is 10.3 Å². The zero-order valence-electron chi connectivity index (χ0n) is 16.8. The van der Waals surface area contributed by atoms with Crippen LogP contribution in [-0.4, -0.2) is 51.0 Å². The summed E-state index contributed by atoms with van der Waals surface area (Å²) in [6, 6.07) is 8.09. The van der Waals surface area contributed by atoms with E-state index in [1.807, 2.05) is 12.1 Å². The van der Waals surface area contributed by atoms with Gasteiger partial charge in [0.1, 0.15) is 12.0 Å². The van der Waals surface area contributed by atoms with E-state index >= 15 is 0 Å². The molecule has 0 aliphatic carbocycles. The summed E-state index contributed by atoms with van der Waals surface area (Å²) in [7, 11) is 1.66. The number of aromatic nitrogens is 1. The lowest BCUT2D eigenvalue weighted by molar-refractivity contribution is 0.0486. The molecule has 2 fully saturated rings. The van der Waals surface area contributed by atoms with Crippen LogP contribution in [0.5, 0.6) is 5.75 Å². The Morgan fingerprint density at radius 3 is 2.52 bits per heavy atom. The topological polar surface area (TPSA) is 82.8 Å². The molecule has 1 N–H and O–H groups in total. The summed E-state index contributed by atoms with van der Waals surface area (Å²) in [5, 5.41) is 3.08. The van der Waals surface area contributed by atoms with Gasteiger partial charge in [-0.05, 0) is 43.4 Å². The van der Waals surface area contributed by atoms with Crippen molar-refractivity contribution in [2.45, 2.75) is 37.0 Å². The van der Waals surface area contributed by atoms with E-state index < -0.39 is 0 Å². The van der Waals surface area contributed by atoms with Crippen LogP contribution in [0.2, 0.25) is 0 Å². The van der Waals surface area contributed by atoms with E-state index in [-0.39, 0.29) is 17.2 Å². The highest BCUT2D eigenvalue weighted by molar-refractivity contribution is 5.92. The van der Waals surface area contributed by atoms with E-state index in [2.05, 4.69) is 22.4 Å². The number of methoxy groups -OCH3 is 1. The smallest absolute Gasteiger partial charge is 0.273 e. The van der Waals surface area contributed by atoms with Crippen LogP contribution >= 0.6 is 0 Å². The normalized spacial score (nSPS) is 19.6. The molecule has 0 atom stereocenters. The fourth-order valence-electron chi connectivity index (χ4n) is 4.14. The van der Waals surface area contributed by atoms with Gasteiger partial charge in [-0.25, -0.2) is 4.98 Å². The average molecular weight is 400 g/mol. The van der Waals surface area contributed by atoms with E-state index in [4.69, 9.17) is 18.6 Å². The molecule has 0 spiro atoms. The SMILES string of the molecule is COc1ccc(C2(CNC(=O)c3coc(C4CCOCC4)n3)CCOCC2)cc1. The van der Waals surface area contributed by atoms with Crippen LogP contribution in [0, 0.1) is 0 Å². The Bertz CT molecular complexity index is 805. The average Bonchev–Trinajstić information content (AvgIpc) is 3.29. The Balaban J connectivity index is 1.44. The molecule has 4 rings (SSSR count). The van der Waals surface area contributed by atoms with Gasteiger partial charge >= 0.3 is 0 Å². The van der Waals surface area contributed by atoms with Crippen molar-refractivity contribution in [2.24, 2.45) is 0 Å². The van der Waals surface area contributed by atoms with Crippen molar-refractivity contribution in [3.63, 3.8) is 0 Å². The summed E-state index contributed by atoms with van der Waals surface area (Å²) in [5.74, 6) is 1.48. The summed E-state index contributed by atoms with van der Waals surface area (Å²) in [6.45, 7) is 3.31. The third-order valence-electron chi connectivity index (χ3n) is 6.06. The number of carbonyl (C=O) groups is 1. The maximum absolute atomic E-state index is 12.7. The lowest BCUT2D eigenvalue weighted by atomic mass is 9.74. The minimum Gasteiger partial charge on any atom is -0.497 e. The number of amides is 1. The standard InChI is InChI=1S/C22H28N2O5/c1-26-18-4-2-17(3-5-18)22(8-12-28-13-9-22)15-23-20(25)19-14-29-21(24-19)16-6-10-27-11-7-16/h2-5,14,16H,6-13,15H2,1H3,(H,23,25). The van der Waals surface area contributed by atoms with Gasteiger partial charge in [0.2, 0.25) is 0 Å². The molecule has 0 radical (unpaired) electrons. The number of hydrogen-bond acceptors (Lipinski definition) is 6. The van der Waals surface area contributed by atoms with Crippen molar-refractivity contribution in [3.05, 3.63) is 47.7 Å². The summed E-state index contributed by atoms with van der Waals surface area (Å²) >= 11 is 0. The van der Waals surface area contributed by atoms with Crippen molar-refractivity contribution < 1.29 is 23.4 Å². The molecule has 0 unspecified atom stereocenters. The molecule has 0 bridgehead atoms. The van der Waals surface area contributed by atoms with Crippen molar-refractivity contribution in [2.75, 3.05) is 40.1 Å². The monoisotopic (exact) mass is 400 g/mol. The number of rotatable bonds is 6. The zero-order chi connectivity index (χ0) is 20.1. The largest absolute Gasteiger partial charge is 0.497 e. The highest BCUT2D eigenvalue weighted by atomic mass is 16.5. The molecule has 3 heterocycles. The van der Waals surface area contributed by atoms with Gasteiger partial charge in [-0.2, -0.15) is 0 Å². The van der Waals surface area contributed by atoms with Crippen LogP contribution in [0.15, 0.2) is 34.9 Å². The molecule has 1 aromatic carbocycles. The first-order valence-corrected chi connectivity index (χ1v) is 10.2. The molecule has 156 valence electrons. The quantitative estimate of drug-likeness (QED) is 0.803. The van der Waals surface area contributed by atoms with Crippen molar-refractivity contribution in [1.29, 1.82) is 0 Å². The van der Waals surface area contributed by atoms with Gasteiger partial charge in [-0.3, -0.25) is 4.79 Å². The van der Waals surface area contributed by atoms with E-state index in [0.717, 1.165) is 31.4 Å². The number of benzene rings is 1. The number of nitrogens with one attached hydrogen (secondary N) is 1. The summed E-state index contributed by atoms with van der Waals surface area (Å²) in [4.78, 5) is 17.2. The number of nitrogens with zero attached hydrogens (tertiary/aromatic N) is 1. The molecule has 2 aliphatic rings.